The van der Waals surface area contributed by atoms with Gasteiger partial charge in [-0.3, -0.25) is 5.01 Å². The highest BCUT2D eigenvalue weighted by Gasteiger charge is 2.32. The average molecular weight is 406 g/mol. The van der Waals surface area contributed by atoms with Gasteiger partial charge >= 0.3 is 0 Å². The number of hydrogen-bond donors (Lipinski definition) is 0. The van der Waals surface area contributed by atoms with Gasteiger partial charge in [0.15, 0.2) is 11.5 Å². The first-order chi connectivity index (χ1) is 14.8. The molecule has 1 aliphatic carbocycles. The lowest BCUT2D eigenvalue weighted by Gasteiger charge is -2.29. The van der Waals surface area contributed by atoms with E-state index < -0.39 is 0 Å². The van der Waals surface area contributed by atoms with Gasteiger partial charge in [-0.1, -0.05) is 18.2 Å². The molecule has 0 radical (unpaired) electrons. The first-order valence-corrected chi connectivity index (χ1v) is 10.4. The van der Waals surface area contributed by atoms with Gasteiger partial charge in [0.1, 0.15) is 0 Å². The van der Waals surface area contributed by atoms with Crippen LogP contribution in [0.5, 0.6) is 11.5 Å². The predicted octanol–water partition coefficient (Wildman–Crippen LogP) is 3.75. The smallest absolute Gasteiger partial charge is 0.162 e. The van der Waals surface area contributed by atoms with E-state index in [0.29, 0.717) is 17.4 Å². The second kappa shape index (κ2) is 8.07. The normalized spacial score (nSPS) is 23.5. The van der Waals surface area contributed by atoms with Gasteiger partial charge in [0.05, 0.1) is 37.7 Å². The number of nitrogens with zero attached hydrogens (tertiary/aromatic N) is 4. The maximum Gasteiger partial charge on any atom is 0.162 e. The second-order valence-corrected chi connectivity index (χ2v) is 7.99. The standard InChI is InChI=1S/C23H26N4O3/c1-28-22-11-18-19(12-23(22)29-2)26-24-14-21(18)27-20-10-16(3-4-17(20)13-25-27)9-15-5-7-30-8-6-15/h3-4,10-15,17,20H,5-9H2,1-2H3. The molecular weight excluding hydrogens is 380 g/mol. The Hall–Kier alpha value is -2.93. The SMILES string of the molecule is COc1cc2nncc(N3N=CC4C=CC(CC5CCOCC5)=CC43)c2cc1OC. The van der Waals surface area contributed by atoms with Crippen LogP contribution in [0.15, 0.2) is 47.2 Å². The number of hydrazone groups is 1. The van der Waals surface area contributed by atoms with Crippen molar-refractivity contribution in [3.63, 3.8) is 0 Å². The minimum absolute atomic E-state index is 0.144. The van der Waals surface area contributed by atoms with Crippen LogP contribution in [-0.4, -0.2) is 49.9 Å². The molecule has 1 aromatic heterocycles. The van der Waals surface area contributed by atoms with E-state index in [2.05, 4.69) is 33.4 Å². The van der Waals surface area contributed by atoms with Crippen LogP contribution in [-0.2, 0) is 4.74 Å². The molecule has 7 nitrogen and oxygen atoms in total. The molecule has 1 fully saturated rings. The average Bonchev–Trinajstić information content (AvgIpc) is 3.21. The zero-order valence-corrected chi connectivity index (χ0v) is 17.3. The van der Waals surface area contributed by atoms with Gasteiger partial charge in [0, 0.05) is 36.8 Å². The fourth-order valence-electron chi connectivity index (χ4n) is 4.53. The lowest BCUT2D eigenvalue weighted by molar-refractivity contribution is 0.0667. The van der Waals surface area contributed by atoms with E-state index in [-0.39, 0.29) is 12.0 Å². The van der Waals surface area contributed by atoms with Crippen LogP contribution in [0.3, 0.4) is 0 Å². The molecule has 3 aliphatic rings. The largest absolute Gasteiger partial charge is 0.493 e. The molecular formula is C23H26N4O3. The fourth-order valence-corrected chi connectivity index (χ4v) is 4.53. The highest BCUT2D eigenvalue weighted by molar-refractivity contribution is 5.94. The maximum absolute atomic E-state index is 5.51. The number of aromatic nitrogens is 2. The molecule has 0 bridgehead atoms. The zero-order chi connectivity index (χ0) is 20.5. The Bertz CT molecular complexity index is 1030. The van der Waals surface area contributed by atoms with Crippen molar-refractivity contribution >= 4 is 22.8 Å². The Labute approximate surface area is 176 Å². The Morgan fingerprint density at radius 1 is 1.13 bits per heavy atom. The van der Waals surface area contributed by atoms with Crippen LogP contribution in [0.25, 0.3) is 10.9 Å². The van der Waals surface area contributed by atoms with Crippen LogP contribution in [0.2, 0.25) is 0 Å². The van der Waals surface area contributed by atoms with Crippen LogP contribution in [0, 0.1) is 11.8 Å². The van der Waals surface area contributed by atoms with Gasteiger partial charge in [-0.05, 0) is 36.8 Å². The molecule has 0 amide bonds. The van der Waals surface area contributed by atoms with Crippen molar-refractivity contribution in [1.29, 1.82) is 0 Å². The summed E-state index contributed by atoms with van der Waals surface area (Å²) in [6, 6.07) is 3.95. The molecule has 0 spiro atoms. The summed E-state index contributed by atoms with van der Waals surface area (Å²) >= 11 is 0. The van der Waals surface area contributed by atoms with E-state index >= 15 is 0 Å². The third kappa shape index (κ3) is 3.43. The molecule has 5 rings (SSSR count). The zero-order valence-electron chi connectivity index (χ0n) is 17.3. The van der Waals surface area contributed by atoms with Crippen LogP contribution >= 0.6 is 0 Å². The predicted molar refractivity (Wildman–Crippen MR) is 116 cm³/mol. The second-order valence-electron chi connectivity index (χ2n) is 7.99. The Balaban J connectivity index is 1.47. The molecule has 156 valence electrons. The summed E-state index contributed by atoms with van der Waals surface area (Å²) in [5, 5.41) is 16.2. The van der Waals surface area contributed by atoms with Crippen molar-refractivity contribution in [1.82, 2.24) is 10.2 Å². The van der Waals surface area contributed by atoms with Gasteiger partial charge in [-0.15, -0.1) is 0 Å². The van der Waals surface area contributed by atoms with E-state index in [4.69, 9.17) is 19.3 Å². The maximum atomic E-state index is 5.51. The van der Waals surface area contributed by atoms with E-state index in [0.717, 1.165) is 49.1 Å². The van der Waals surface area contributed by atoms with E-state index in [9.17, 15) is 0 Å². The molecule has 2 atom stereocenters. The summed E-state index contributed by atoms with van der Waals surface area (Å²) in [5.41, 5.74) is 3.05. The summed E-state index contributed by atoms with van der Waals surface area (Å²) in [6.45, 7) is 1.76. The Kier molecular flexibility index (Phi) is 5.12. The third-order valence-corrected chi connectivity index (χ3v) is 6.19. The molecule has 30 heavy (non-hydrogen) atoms. The van der Waals surface area contributed by atoms with Gasteiger partial charge in [0.2, 0.25) is 0 Å². The van der Waals surface area contributed by atoms with Crippen LogP contribution in [0.1, 0.15) is 19.3 Å². The summed E-state index contributed by atoms with van der Waals surface area (Å²) in [4.78, 5) is 0. The van der Waals surface area contributed by atoms with Crippen LogP contribution in [0.4, 0.5) is 5.69 Å². The molecule has 2 unspecified atom stereocenters. The highest BCUT2D eigenvalue weighted by Crippen LogP contribution is 2.39. The number of anilines is 1. The first kappa shape index (κ1) is 19.1. The lowest BCUT2D eigenvalue weighted by Crippen LogP contribution is -2.32. The number of benzene rings is 1. The van der Waals surface area contributed by atoms with Gasteiger partial charge in [-0.25, -0.2) is 0 Å². The quantitative estimate of drug-likeness (QED) is 0.753. The third-order valence-electron chi connectivity index (χ3n) is 6.19. The Morgan fingerprint density at radius 3 is 2.73 bits per heavy atom. The molecule has 0 N–H and O–H groups in total. The van der Waals surface area contributed by atoms with Crippen LogP contribution < -0.4 is 14.5 Å². The van der Waals surface area contributed by atoms with Crippen molar-refractivity contribution < 1.29 is 14.2 Å². The number of allylic oxidation sites excluding steroid dienone is 2. The summed E-state index contributed by atoms with van der Waals surface area (Å²) in [6.07, 6.45) is 14.1. The summed E-state index contributed by atoms with van der Waals surface area (Å²) in [7, 11) is 3.26. The summed E-state index contributed by atoms with van der Waals surface area (Å²) in [5.74, 6) is 2.26. The highest BCUT2D eigenvalue weighted by atomic mass is 16.5. The van der Waals surface area contributed by atoms with Gasteiger partial charge < -0.3 is 14.2 Å². The molecule has 2 aliphatic heterocycles. The molecule has 0 saturated carbocycles. The number of hydrogen-bond acceptors (Lipinski definition) is 7. The minimum Gasteiger partial charge on any atom is -0.493 e. The Morgan fingerprint density at radius 2 is 1.93 bits per heavy atom. The van der Waals surface area contributed by atoms with E-state index in [1.54, 1.807) is 20.4 Å². The fraction of sp³-hybridized carbons (Fsp3) is 0.435. The summed E-state index contributed by atoms with van der Waals surface area (Å²) < 4.78 is 16.4. The first-order valence-electron chi connectivity index (χ1n) is 10.4. The molecule has 3 heterocycles. The van der Waals surface area contributed by atoms with Crippen molar-refractivity contribution in [3.05, 3.63) is 42.1 Å². The van der Waals surface area contributed by atoms with Crippen molar-refractivity contribution in [2.75, 3.05) is 32.4 Å². The van der Waals surface area contributed by atoms with E-state index in [1.165, 1.54) is 5.57 Å². The number of methoxy groups -OCH3 is 2. The van der Waals surface area contributed by atoms with Gasteiger partial charge in [0.25, 0.3) is 0 Å². The van der Waals surface area contributed by atoms with E-state index in [1.807, 2.05) is 18.3 Å². The number of ether oxygens (including phenoxy) is 3. The topological polar surface area (TPSA) is 69.1 Å². The van der Waals surface area contributed by atoms with Crippen molar-refractivity contribution in [2.45, 2.75) is 25.3 Å². The van der Waals surface area contributed by atoms with Gasteiger partial charge in [-0.2, -0.15) is 15.3 Å². The monoisotopic (exact) mass is 406 g/mol. The number of fused-ring (bicyclic) bond motifs is 2. The minimum atomic E-state index is 0.144. The number of rotatable bonds is 5. The molecule has 1 aromatic carbocycles. The van der Waals surface area contributed by atoms with Crippen molar-refractivity contribution in [3.8, 4) is 11.5 Å². The molecule has 1 saturated heterocycles. The molecule has 2 aromatic rings. The van der Waals surface area contributed by atoms with Crippen molar-refractivity contribution in [2.24, 2.45) is 16.9 Å². The lowest BCUT2D eigenvalue weighted by atomic mass is 9.86. The molecule has 7 heteroatoms.